The van der Waals surface area contributed by atoms with E-state index in [1.165, 1.54) is 12.5 Å². The normalized spacial score (nSPS) is 17.2. The lowest BCUT2D eigenvalue weighted by Gasteiger charge is -2.39. The third kappa shape index (κ3) is 3.21. The zero-order chi connectivity index (χ0) is 14.8. The second-order valence-electron chi connectivity index (χ2n) is 5.92. The quantitative estimate of drug-likeness (QED) is 0.841. The van der Waals surface area contributed by atoms with Crippen LogP contribution in [0.25, 0.3) is 0 Å². The molecule has 0 atom stereocenters. The van der Waals surface area contributed by atoms with Gasteiger partial charge < -0.3 is 0 Å². The molecule has 1 aliphatic heterocycles. The Labute approximate surface area is 124 Å². The second kappa shape index (κ2) is 6.23. The van der Waals surface area contributed by atoms with Crippen LogP contribution in [-0.4, -0.2) is 29.3 Å². The fourth-order valence-electron chi connectivity index (χ4n) is 2.70. The lowest BCUT2D eigenvalue weighted by atomic mass is 9.90. The summed E-state index contributed by atoms with van der Waals surface area (Å²) in [4.78, 5) is 14.8. The summed E-state index contributed by atoms with van der Waals surface area (Å²) in [5.74, 6) is -0.433. The van der Waals surface area contributed by atoms with Gasteiger partial charge in [-0.05, 0) is 51.4 Å². The average molecular weight is 298 g/mol. The van der Waals surface area contributed by atoms with Crippen LogP contribution in [0.3, 0.4) is 0 Å². The van der Waals surface area contributed by atoms with Gasteiger partial charge in [0.1, 0.15) is 5.82 Å². The Morgan fingerprint density at radius 1 is 1.30 bits per heavy atom. The van der Waals surface area contributed by atoms with Crippen LogP contribution in [0.5, 0.6) is 0 Å². The summed E-state index contributed by atoms with van der Waals surface area (Å²) >= 11 is 5.76. The summed E-state index contributed by atoms with van der Waals surface area (Å²) in [5, 5.41) is 0.0751. The van der Waals surface area contributed by atoms with Gasteiger partial charge in [0.25, 0.3) is 0 Å². The molecule has 0 bridgehead atoms. The number of hydrogen-bond acceptors (Lipinski definition) is 2. The van der Waals surface area contributed by atoms with Gasteiger partial charge in [-0.2, -0.15) is 0 Å². The van der Waals surface area contributed by atoms with Crippen molar-refractivity contribution < 1.29 is 9.18 Å². The molecule has 0 unspecified atom stereocenters. The molecule has 1 heterocycles. The first-order chi connectivity index (χ1) is 9.43. The van der Waals surface area contributed by atoms with Crippen molar-refractivity contribution in [2.75, 3.05) is 13.1 Å². The molecule has 1 aromatic rings. The highest BCUT2D eigenvalue weighted by Gasteiger charge is 2.35. The van der Waals surface area contributed by atoms with Gasteiger partial charge in [0, 0.05) is 6.42 Å². The molecule has 0 amide bonds. The summed E-state index contributed by atoms with van der Waals surface area (Å²) in [6.45, 7) is 5.75. The number of halogens is 2. The molecule has 0 saturated carbocycles. The van der Waals surface area contributed by atoms with Gasteiger partial charge in [-0.15, -0.1) is 0 Å². The minimum atomic E-state index is -0.546. The molecule has 2 nitrogen and oxygen atoms in total. The Hall–Kier alpha value is -0.930. The standard InChI is InChI=1S/C16H21ClFNO/c1-16(2,19-9-4-3-5-10-19)14(20)11-12-7-6-8-13(17)15(12)18/h6-8H,3-5,9-11H2,1-2H3. The van der Waals surface area contributed by atoms with Gasteiger partial charge in [-0.1, -0.05) is 30.2 Å². The van der Waals surface area contributed by atoms with Crippen molar-refractivity contribution in [3.63, 3.8) is 0 Å². The number of nitrogens with zero attached hydrogens (tertiary/aromatic N) is 1. The third-order valence-electron chi connectivity index (χ3n) is 4.21. The SMILES string of the molecule is CC(C)(C(=O)Cc1cccc(Cl)c1F)N1CCCCC1. The van der Waals surface area contributed by atoms with Crippen LogP contribution >= 0.6 is 11.6 Å². The number of benzene rings is 1. The molecule has 110 valence electrons. The van der Waals surface area contributed by atoms with Crippen LogP contribution in [0.2, 0.25) is 5.02 Å². The molecule has 1 aromatic carbocycles. The summed E-state index contributed by atoms with van der Waals surface area (Å²) in [6.07, 6.45) is 3.57. The van der Waals surface area contributed by atoms with E-state index in [-0.39, 0.29) is 17.2 Å². The van der Waals surface area contributed by atoms with E-state index in [4.69, 9.17) is 11.6 Å². The number of rotatable bonds is 4. The van der Waals surface area contributed by atoms with Crippen molar-refractivity contribution in [2.24, 2.45) is 0 Å². The van der Waals surface area contributed by atoms with Gasteiger partial charge in [0.05, 0.1) is 10.6 Å². The monoisotopic (exact) mass is 297 g/mol. The molecule has 2 rings (SSSR count). The maximum Gasteiger partial charge on any atom is 0.156 e. The molecule has 0 N–H and O–H groups in total. The van der Waals surface area contributed by atoms with E-state index in [9.17, 15) is 9.18 Å². The van der Waals surface area contributed by atoms with Crippen molar-refractivity contribution >= 4 is 17.4 Å². The van der Waals surface area contributed by atoms with Crippen LogP contribution < -0.4 is 0 Å². The van der Waals surface area contributed by atoms with Crippen LogP contribution in [0.4, 0.5) is 4.39 Å². The van der Waals surface area contributed by atoms with E-state index < -0.39 is 11.4 Å². The smallest absolute Gasteiger partial charge is 0.156 e. The van der Waals surface area contributed by atoms with E-state index in [1.807, 2.05) is 13.8 Å². The summed E-state index contributed by atoms with van der Waals surface area (Å²) in [7, 11) is 0. The fraction of sp³-hybridized carbons (Fsp3) is 0.562. The Kier molecular flexibility index (Phi) is 4.82. The Bertz CT molecular complexity index is 495. The van der Waals surface area contributed by atoms with Crippen LogP contribution in [-0.2, 0) is 11.2 Å². The summed E-state index contributed by atoms with van der Waals surface area (Å²) < 4.78 is 13.9. The van der Waals surface area contributed by atoms with Gasteiger partial charge in [0.15, 0.2) is 5.78 Å². The number of piperidine rings is 1. The number of hydrogen-bond donors (Lipinski definition) is 0. The zero-order valence-electron chi connectivity index (χ0n) is 12.1. The highest BCUT2D eigenvalue weighted by Crippen LogP contribution is 2.25. The predicted molar refractivity (Wildman–Crippen MR) is 79.6 cm³/mol. The van der Waals surface area contributed by atoms with E-state index >= 15 is 0 Å². The van der Waals surface area contributed by atoms with Crippen molar-refractivity contribution in [3.05, 3.63) is 34.6 Å². The van der Waals surface area contributed by atoms with Gasteiger partial charge in [0.2, 0.25) is 0 Å². The largest absolute Gasteiger partial charge is 0.297 e. The number of likely N-dealkylation sites (tertiary alicyclic amines) is 1. The lowest BCUT2D eigenvalue weighted by Crippen LogP contribution is -2.52. The molecule has 1 fully saturated rings. The molecular formula is C16H21ClFNO. The first-order valence-electron chi connectivity index (χ1n) is 7.14. The molecule has 0 aromatic heterocycles. The van der Waals surface area contributed by atoms with E-state index in [2.05, 4.69) is 4.90 Å². The van der Waals surface area contributed by atoms with Crippen molar-refractivity contribution in [1.82, 2.24) is 4.90 Å². The Balaban J connectivity index is 2.12. The molecule has 1 aliphatic rings. The average Bonchev–Trinajstić information content (AvgIpc) is 2.44. The van der Waals surface area contributed by atoms with Crippen LogP contribution in [0.15, 0.2) is 18.2 Å². The predicted octanol–water partition coefficient (Wildman–Crippen LogP) is 3.86. The Morgan fingerprint density at radius 3 is 2.60 bits per heavy atom. The number of carbonyl (C=O) groups is 1. The summed E-state index contributed by atoms with van der Waals surface area (Å²) in [6, 6.07) is 4.81. The van der Waals surface area contributed by atoms with Crippen LogP contribution in [0, 0.1) is 5.82 Å². The summed E-state index contributed by atoms with van der Waals surface area (Å²) in [5.41, 5.74) is -0.164. The van der Waals surface area contributed by atoms with E-state index in [0.29, 0.717) is 5.56 Å². The molecule has 20 heavy (non-hydrogen) atoms. The number of Topliss-reactive ketones (excluding diaryl/α,β-unsaturated/α-hetero) is 1. The fourth-order valence-corrected chi connectivity index (χ4v) is 2.90. The maximum absolute atomic E-state index is 13.9. The van der Waals surface area contributed by atoms with Crippen molar-refractivity contribution in [1.29, 1.82) is 0 Å². The van der Waals surface area contributed by atoms with Crippen LogP contribution in [0.1, 0.15) is 38.7 Å². The number of ketones is 1. The first kappa shape index (κ1) is 15.5. The zero-order valence-corrected chi connectivity index (χ0v) is 12.8. The van der Waals surface area contributed by atoms with Gasteiger partial charge >= 0.3 is 0 Å². The number of carbonyl (C=O) groups excluding carboxylic acids is 1. The van der Waals surface area contributed by atoms with Crippen molar-refractivity contribution in [2.45, 2.75) is 45.1 Å². The first-order valence-corrected chi connectivity index (χ1v) is 7.52. The lowest BCUT2D eigenvalue weighted by molar-refractivity contribution is -0.129. The van der Waals surface area contributed by atoms with Crippen molar-refractivity contribution in [3.8, 4) is 0 Å². The Morgan fingerprint density at radius 2 is 1.95 bits per heavy atom. The molecule has 0 radical (unpaired) electrons. The van der Waals surface area contributed by atoms with E-state index in [0.717, 1.165) is 25.9 Å². The van der Waals surface area contributed by atoms with Gasteiger partial charge in [-0.3, -0.25) is 9.69 Å². The molecule has 4 heteroatoms. The minimum Gasteiger partial charge on any atom is -0.297 e. The minimum absolute atomic E-state index is 0.0422. The highest BCUT2D eigenvalue weighted by molar-refractivity contribution is 6.30. The van der Waals surface area contributed by atoms with E-state index in [1.54, 1.807) is 12.1 Å². The molecule has 0 spiro atoms. The topological polar surface area (TPSA) is 20.3 Å². The molecule has 0 aliphatic carbocycles. The second-order valence-corrected chi connectivity index (χ2v) is 6.33. The highest BCUT2D eigenvalue weighted by atomic mass is 35.5. The third-order valence-corrected chi connectivity index (χ3v) is 4.50. The molecule has 1 saturated heterocycles. The maximum atomic E-state index is 13.9. The van der Waals surface area contributed by atoms with Gasteiger partial charge in [-0.25, -0.2) is 4.39 Å². The molecular weight excluding hydrogens is 277 g/mol.